The Morgan fingerprint density at radius 2 is 2.00 bits per heavy atom. The van der Waals surface area contributed by atoms with Crippen molar-refractivity contribution < 1.29 is 9.26 Å². The average Bonchev–Trinajstić information content (AvgIpc) is 2.95. The molecule has 2 aromatic carbocycles. The fraction of sp³-hybridized carbons (Fsp3) is 0.0667. The Labute approximate surface area is 145 Å². The number of rotatable bonds is 4. The van der Waals surface area contributed by atoms with Crippen LogP contribution in [0.2, 0.25) is 10.0 Å². The molecule has 1 aromatic heterocycles. The molecule has 0 aliphatic heterocycles. The van der Waals surface area contributed by atoms with E-state index in [0.717, 1.165) is 10.0 Å². The quantitative estimate of drug-likeness (QED) is 0.590. The first-order valence-electron chi connectivity index (χ1n) is 6.28. The molecule has 22 heavy (non-hydrogen) atoms. The summed E-state index contributed by atoms with van der Waals surface area (Å²) in [5.41, 5.74) is 0.855. The molecule has 0 fully saturated rings. The van der Waals surface area contributed by atoms with Gasteiger partial charge in [0.05, 0.1) is 5.02 Å². The van der Waals surface area contributed by atoms with Crippen molar-refractivity contribution in [1.29, 1.82) is 0 Å². The molecule has 3 aromatic rings. The average molecular weight is 400 g/mol. The maximum atomic E-state index is 6.03. The molecule has 0 unspecified atom stereocenters. The number of halogens is 3. The molecule has 0 N–H and O–H groups in total. The Kier molecular flexibility index (Phi) is 4.66. The Hall–Kier alpha value is -1.56. The van der Waals surface area contributed by atoms with Gasteiger partial charge >= 0.3 is 0 Å². The van der Waals surface area contributed by atoms with Crippen molar-refractivity contribution in [1.82, 2.24) is 10.1 Å². The summed E-state index contributed by atoms with van der Waals surface area (Å²) in [5.74, 6) is 1.37. The highest BCUT2D eigenvalue weighted by molar-refractivity contribution is 9.10. The number of nitrogens with zero attached hydrogens (tertiary/aromatic N) is 2. The predicted octanol–water partition coefficient (Wildman–Crippen LogP) is 5.38. The van der Waals surface area contributed by atoms with Crippen LogP contribution in [0.4, 0.5) is 0 Å². The van der Waals surface area contributed by atoms with E-state index in [-0.39, 0.29) is 6.61 Å². The highest BCUT2D eigenvalue weighted by atomic mass is 79.9. The van der Waals surface area contributed by atoms with Gasteiger partial charge in [-0.15, -0.1) is 0 Å². The zero-order valence-electron chi connectivity index (χ0n) is 11.1. The van der Waals surface area contributed by atoms with Gasteiger partial charge in [0.1, 0.15) is 5.75 Å². The molecular formula is C15H9BrCl2N2O2. The zero-order valence-corrected chi connectivity index (χ0v) is 14.2. The van der Waals surface area contributed by atoms with Gasteiger partial charge in [-0.25, -0.2) is 0 Å². The molecule has 0 saturated heterocycles. The summed E-state index contributed by atoms with van der Waals surface area (Å²) in [4.78, 5) is 4.29. The van der Waals surface area contributed by atoms with Gasteiger partial charge in [-0.1, -0.05) is 56.4 Å². The number of benzene rings is 2. The molecule has 0 saturated carbocycles. The first kappa shape index (κ1) is 15.3. The lowest BCUT2D eigenvalue weighted by Crippen LogP contribution is -1.96. The molecular weight excluding hydrogens is 391 g/mol. The van der Waals surface area contributed by atoms with Crippen LogP contribution in [0.3, 0.4) is 0 Å². The van der Waals surface area contributed by atoms with Crippen LogP contribution in [0.15, 0.2) is 51.5 Å². The summed E-state index contributed by atoms with van der Waals surface area (Å²) in [6, 6.07) is 12.6. The topological polar surface area (TPSA) is 48.2 Å². The van der Waals surface area contributed by atoms with Crippen molar-refractivity contribution in [2.45, 2.75) is 6.61 Å². The Morgan fingerprint density at radius 1 is 1.14 bits per heavy atom. The van der Waals surface area contributed by atoms with Gasteiger partial charge in [0.2, 0.25) is 5.82 Å². The van der Waals surface area contributed by atoms with Crippen LogP contribution in [0.25, 0.3) is 11.4 Å². The molecule has 3 rings (SSSR count). The van der Waals surface area contributed by atoms with Crippen molar-refractivity contribution in [3.05, 3.63) is 62.9 Å². The van der Waals surface area contributed by atoms with Crippen molar-refractivity contribution >= 4 is 39.1 Å². The highest BCUT2D eigenvalue weighted by Gasteiger charge is 2.10. The maximum absolute atomic E-state index is 6.03. The minimum Gasteiger partial charge on any atom is -0.482 e. The Balaban J connectivity index is 1.72. The Bertz CT molecular complexity index is 808. The lowest BCUT2D eigenvalue weighted by molar-refractivity contribution is 0.243. The third-order valence-corrected chi connectivity index (χ3v) is 3.82. The van der Waals surface area contributed by atoms with E-state index in [1.807, 2.05) is 24.3 Å². The molecule has 0 atom stereocenters. The van der Waals surface area contributed by atoms with Crippen LogP contribution in [0.5, 0.6) is 5.75 Å². The van der Waals surface area contributed by atoms with E-state index in [9.17, 15) is 0 Å². The van der Waals surface area contributed by atoms with Crippen molar-refractivity contribution in [2.24, 2.45) is 0 Å². The van der Waals surface area contributed by atoms with Crippen LogP contribution >= 0.6 is 39.1 Å². The second-order valence-corrected chi connectivity index (χ2v) is 6.14. The molecule has 0 radical (unpaired) electrons. The number of hydrogen-bond donors (Lipinski definition) is 0. The van der Waals surface area contributed by atoms with E-state index in [1.54, 1.807) is 18.2 Å². The van der Waals surface area contributed by atoms with E-state index < -0.39 is 0 Å². The first-order valence-corrected chi connectivity index (χ1v) is 7.83. The molecule has 0 bridgehead atoms. The smallest absolute Gasteiger partial charge is 0.264 e. The van der Waals surface area contributed by atoms with Gasteiger partial charge in [-0.2, -0.15) is 4.98 Å². The lowest BCUT2D eigenvalue weighted by atomic mass is 10.2. The van der Waals surface area contributed by atoms with Gasteiger partial charge in [0, 0.05) is 15.1 Å². The Morgan fingerprint density at radius 3 is 2.77 bits per heavy atom. The van der Waals surface area contributed by atoms with E-state index >= 15 is 0 Å². The molecule has 0 spiro atoms. The summed E-state index contributed by atoms with van der Waals surface area (Å²) in [6.07, 6.45) is 0. The first-order chi connectivity index (χ1) is 10.6. The van der Waals surface area contributed by atoms with Crippen molar-refractivity contribution in [2.75, 3.05) is 0 Å². The lowest BCUT2D eigenvalue weighted by Gasteiger charge is -2.05. The molecule has 0 amide bonds. The van der Waals surface area contributed by atoms with Gasteiger partial charge in [0.15, 0.2) is 6.61 Å². The van der Waals surface area contributed by atoms with Gasteiger partial charge < -0.3 is 9.26 Å². The van der Waals surface area contributed by atoms with Crippen LogP contribution in [0, 0.1) is 0 Å². The van der Waals surface area contributed by atoms with Crippen LogP contribution in [-0.2, 0) is 6.61 Å². The second-order valence-electron chi connectivity index (χ2n) is 4.39. The summed E-state index contributed by atoms with van der Waals surface area (Å²) in [5, 5.41) is 4.91. The number of ether oxygens (including phenoxy) is 1. The predicted molar refractivity (Wildman–Crippen MR) is 88.2 cm³/mol. The second kappa shape index (κ2) is 6.69. The third kappa shape index (κ3) is 3.61. The highest BCUT2D eigenvalue weighted by Crippen LogP contribution is 2.28. The summed E-state index contributed by atoms with van der Waals surface area (Å²) in [6.45, 7) is 0.127. The largest absolute Gasteiger partial charge is 0.482 e. The maximum Gasteiger partial charge on any atom is 0.264 e. The SMILES string of the molecule is Clc1ccc(OCc2nc(-c3cccc(Br)c3)no2)c(Cl)c1. The summed E-state index contributed by atoms with van der Waals surface area (Å²) >= 11 is 15.3. The fourth-order valence-corrected chi connectivity index (χ4v) is 2.65. The van der Waals surface area contributed by atoms with Crippen LogP contribution in [0.1, 0.15) is 5.89 Å². The molecule has 0 aliphatic rings. The third-order valence-electron chi connectivity index (χ3n) is 2.80. The fourth-order valence-electron chi connectivity index (χ4n) is 1.79. The van der Waals surface area contributed by atoms with Gasteiger partial charge in [-0.3, -0.25) is 0 Å². The van der Waals surface area contributed by atoms with E-state index in [0.29, 0.717) is 27.5 Å². The number of aromatic nitrogens is 2. The van der Waals surface area contributed by atoms with E-state index in [1.165, 1.54) is 0 Å². The van der Waals surface area contributed by atoms with Gasteiger partial charge in [-0.05, 0) is 30.3 Å². The monoisotopic (exact) mass is 398 g/mol. The van der Waals surface area contributed by atoms with Gasteiger partial charge in [0.25, 0.3) is 5.89 Å². The molecule has 112 valence electrons. The summed E-state index contributed by atoms with van der Waals surface area (Å²) in [7, 11) is 0. The van der Waals surface area contributed by atoms with Crippen molar-refractivity contribution in [3.63, 3.8) is 0 Å². The normalized spacial score (nSPS) is 10.7. The molecule has 0 aliphatic carbocycles. The molecule has 7 heteroatoms. The van der Waals surface area contributed by atoms with Crippen LogP contribution in [-0.4, -0.2) is 10.1 Å². The summed E-state index contributed by atoms with van der Waals surface area (Å²) < 4.78 is 11.7. The van der Waals surface area contributed by atoms with E-state index in [2.05, 4.69) is 26.1 Å². The molecule has 1 heterocycles. The van der Waals surface area contributed by atoms with Crippen LogP contribution < -0.4 is 4.74 Å². The minimum absolute atomic E-state index is 0.127. The van der Waals surface area contributed by atoms with Crippen molar-refractivity contribution in [3.8, 4) is 17.1 Å². The molecule has 4 nitrogen and oxygen atoms in total. The number of hydrogen-bond acceptors (Lipinski definition) is 4. The zero-order chi connectivity index (χ0) is 15.5. The van der Waals surface area contributed by atoms with E-state index in [4.69, 9.17) is 32.5 Å². The minimum atomic E-state index is 0.127. The standard InChI is InChI=1S/C15H9BrCl2N2O2/c16-10-3-1-2-9(6-10)15-19-14(22-20-15)8-21-13-5-4-11(17)7-12(13)18/h1-7H,8H2.